The number of amides is 1. The molecular formula is C17H25NO6S. The van der Waals surface area contributed by atoms with E-state index in [2.05, 4.69) is 5.32 Å². The Labute approximate surface area is 148 Å². The van der Waals surface area contributed by atoms with Gasteiger partial charge in [0.1, 0.15) is 11.5 Å². The van der Waals surface area contributed by atoms with Gasteiger partial charge >= 0.3 is 5.97 Å². The predicted octanol–water partition coefficient (Wildman–Crippen LogP) is 1.27. The first-order valence-corrected chi connectivity index (χ1v) is 9.80. The molecule has 1 rings (SSSR count). The van der Waals surface area contributed by atoms with E-state index in [9.17, 15) is 23.1 Å². The summed E-state index contributed by atoms with van der Waals surface area (Å²) in [7, 11) is -3.51. The van der Waals surface area contributed by atoms with Crippen LogP contribution in [-0.4, -0.2) is 49.6 Å². The summed E-state index contributed by atoms with van der Waals surface area (Å²) in [5, 5.41) is 11.1. The lowest BCUT2D eigenvalue weighted by molar-refractivity contribution is -0.141. The van der Waals surface area contributed by atoms with E-state index in [4.69, 9.17) is 4.74 Å². The lowest BCUT2D eigenvalue weighted by Gasteiger charge is -2.14. The van der Waals surface area contributed by atoms with Crippen LogP contribution >= 0.6 is 0 Å². The van der Waals surface area contributed by atoms with Crippen LogP contribution in [0.3, 0.4) is 0 Å². The fourth-order valence-electron chi connectivity index (χ4n) is 2.06. The standard InChI is InChI=1S/C17H25NO6S/c1-4-24-15-7-5-13(6-8-15)9-14(17(20)21)10-18-16(19)11-25(22,23)12(2)3/h5-8,12,14H,4,9-11H2,1-3H3,(H,18,19)(H,20,21). The molecule has 1 amide bonds. The molecule has 0 aromatic heterocycles. The molecule has 0 heterocycles. The number of carboxylic acids is 1. The van der Waals surface area contributed by atoms with Crippen LogP contribution in [-0.2, 0) is 25.8 Å². The average molecular weight is 371 g/mol. The Kier molecular flexibility index (Phi) is 7.89. The van der Waals surface area contributed by atoms with Crippen molar-refractivity contribution in [1.82, 2.24) is 5.32 Å². The number of carboxylic acid groups (broad SMARTS) is 1. The van der Waals surface area contributed by atoms with E-state index >= 15 is 0 Å². The average Bonchev–Trinajstić information content (AvgIpc) is 2.52. The molecule has 0 bridgehead atoms. The van der Waals surface area contributed by atoms with Crippen LogP contribution in [0.25, 0.3) is 0 Å². The molecule has 0 fully saturated rings. The summed E-state index contributed by atoms with van der Waals surface area (Å²) in [5.74, 6) is -2.53. The third kappa shape index (κ3) is 7.13. The highest BCUT2D eigenvalue weighted by molar-refractivity contribution is 7.92. The molecule has 7 nitrogen and oxygen atoms in total. The predicted molar refractivity (Wildman–Crippen MR) is 94.4 cm³/mol. The normalized spacial score (nSPS) is 12.6. The molecule has 0 radical (unpaired) electrons. The molecule has 1 atom stereocenters. The summed E-state index contributed by atoms with van der Waals surface area (Å²) in [4.78, 5) is 23.1. The Morgan fingerprint density at radius 3 is 2.28 bits per heavy atom. The number of nitrogens with one attached hydrogen (secondary N) is 1. The lowest BCUT2D eigenvalue weighted by atomic mass is 9.99. The van der Waals surface area contributed by atoms with Gasteiger partial charge in [-0.15, -0.1) is 0 Å². The van der Waals surface area contributed by atoms with Crippen LogP contribution in [0.1, 0.15) is 26.3 Å². The van der Waals surface area contributed by atoms with Gasteiger partial charge in [-0.25, -0.2) is 8.42 Å². The van der Waals surface area contributed by atoms with Crippen molar-refractivity contribution in [1.29, 1.82) is 0 Å². The Bertz CT molecular complexity index is 682. The van der Waals surface area contributed by atoms with Crippen LogP contribution in [0.5, 0.6) is 5.75 Å². The maximum absolute atomic E-state index is 11.8. The fourth-order valence-corrected chi connectivity index (χ4v) is 2.86. The number of sulfone groups is 1. The van der Waals surface area contributed by atoms with E-state index in [1.807, 2.05) is 6.92 Å². The summed E-state index contributed by atoms with van der Waals surface area (Å²) < 4.78 is 28.7. The molecule has 1 unspecified atom stereocenters. The SMILES string of the molecule is CCOc1ccc(CC(CNC(=O)CS(=O)(=O)C(C)C)C(=O)O)cc1. The lowest BCUT2D eigenvalue weighted by Crippen LogP contribution is -2.38. The number of carbonyl (C=O) groups excluding carboxylic acids is 1. The van der Waals surface area contributed by atoms with Gasteiger partial charge in [-0.05, 0) is 44.9 Å². The summed E-state index contributed by atoms with van der Waals surface area (Å²) >= 11 is 0. The van der Waals surface area contributed by atoms with Crippen molar-refractivity contribution >= 4 is 21.7 Å². The number of carbonyl (C=O) groups is 2. The zero-order chi connectivity index (χ0) is 19.0. The van der Waals surface area contributed by atoms with E-state index in [1.54, 1.807) is 24.3 Å². The summed E-state index contributed by atoms with van der Waals surface area (Å²) in [5.41, 5.74) is 0.792. The molecule has 0 aliphatic rings. The Morgan fingerprint density at radius 2 is 1.80 bits per heavy atom. The number of aliphatic carboxylic acids is 1. The van der Waals surface area contributed by atoms with Crippen LogP contribution in [0, 0.1) is 5.92 Å². The van der Waals surface area contributed by atoms with Gasteiger partial charge in [-0.2, -0.15) is 0 Å². The highest BCUT2D eigenvalue weighted by Gasteiger charge is 2.23. The molecule has 0 saturated carbocycles. The fraction of sp³-hybridized carbons (Fsp3) is 0.529. The zero-order valence-corrected chi connectivity index (χ0v) is 15.5. The smallest absolute Gasteiger partial charge is 0.308 e. The van der Waals surface area contributed by atoms with Gasteiger partial charge < -0.3 is 15.2 Å². The third-order valence-electron chi connectivity index (χ3n) is 3.66. The van der Waals surface area contributed by atoms with Crippen molar-refractivity contribution in [2.75, 3.05) is 18.9 Å². The van der Waals surface area contributed by atoms with Crippen molar-refractivity contribution in [3.05, 3.63) is 29.8 Å². The first kappa shape index (κ1) is 21.0. The van der Waals surface area contributed by atoms with Crippen molar-refractivity contribution < 1.29 is 27.9 Å². The van der Waals surface area contributed by atoms with Gasteiger partial charge in [0.05, 0.1) is 17.8 Å². The van der Waals surface area contributed by atoms with Crippen molar-refractivity contribution in [2.45, 2.75) is 32.4 Å². The molecule has 8 heteroatoms. The Hall–Kier alpha value is -2.09. The highest BCUT2D eigenvalue weighted by Crippen LogP contribution is 2.15. The molecule has 25 heavy (non-hydrogen) atoms. The minimum atomic E-state index is -3.51. The number of hydrogen-bond donors (Lipinski definition) is 2. The van der Waals surface area contributed by atoms with Gasteiger partial charge in [-0.1, -0.05) is 12.1 Å². The van der Waals surface area contributed by atoms with E-state index in [0.717, 1.165) is 5.56 Å². The largest absolute Gasteiger partial charge is 0.494 e. The van der Waals surface area contributed by atoms with Crippen molar-refractivity contribution in [3.8, 4) is 5.75 Å². The number of benzene rings is 1. The third-order valence-corrected chi connectivity index (χ3v) is 5.76. The van der Waals surface area contributed by atoms with E-state index in [0.29, 0.717) is 12.4 Å². The molecule has 1 aromatic carbocycles. The molecule has 140 valence electrons. The van der Waals surface area contributed by atoms with Crippen LogP contribution < -0.4 is 10.1 Å². The molecule has 0 spiro atoms. The summed E-state index contributed by atoms with van der Waals surface area (Å²) in [6, 6.07) is 7.05. The zero-order valence-electron chi connectivity index (χ0n) is 14.7. The number of rotatable bonds is 10. The quantitative estimate of drug-likeness (QED) is 0.641. The van der Waals surface area contributed by atoms with Crippen molar-refractivity contribution in [3.63, 3.8) is 0 Å². The minimum absolute atomic E-state index is 0.130. The van der Waals surface area contributed by atoms with Gasteiger partial charge in [0.25, 0.3) is 0 Å². The molecular weight excluding hydrogens is 346 g/mol. The van der Waals surface area contributed by atoms with Crippen molar-refractivity contribution in [2.24, 2.45) is 5.92 Å². The summed E-state index contributed by atoms with van der Waals surface area (Å²) in [6.07, 6.45) is 0.221. The second-order valence-corrected chi connectivity index (χ2v) is 8.53. The van der Waals surface area contributed by atoms with Crippen LogP contribution in [0.2, 0.25) is 0 Å². The topological polar surface area (TPSA) is 110 Å². The molecule has 1 aromatic rings. The maximum atomic E-state index is 11.8. The van der Waals surface area contributed by atoms with E-state index < -0.39 is 38.6 Å². The van der Waals surface area contributed by atoms with E-state index in [-0.39, 0.29) is 13.0 Å². The summed E-state index contributed by atoms with van der Waals surface area (Å²) in [6.45, 7) is 5.27. The molecule has 0 aliphatic heterocycles. The van der Waals surface area contributed by atoms with Gasteiger partial charge in [0.2, 0.25) is 5.91 Å². The molecule has 0 saturated heterocycles. The van der Waals surface area contributed by atoms with Crippen LogP contribution in [0.15, 0.2) is 24.3 Å². The highest BCUT2D eigenvalue weighted by atomic mass is 32.2. The number of hydrogen-bond acceptors (Lipinski definition) is 5. The minimum Gasteiger partial charge on any atom is -0.494 e. The Balaban J connectivity index is 2.63. The van der Waals surface area contributed by atoms with Gasteiger partial charge in [0, 0.05) is 6.54 Å². The maximum Gasteiger partial charge on any atom is 0.308 e. The van der Waals surface area contributed by atoms with Gasteiger partial charge in [-0.3, -0.25) is 9.59 Å². The second-order valence-electron chi connectivity index (χ2n) is 5.98. The molecule has 2 N–H and O–H groups in total. The second kappa shape index (κ2) is 9.41. The van der Waals surface area contributed by atoms with Gasteiger partial charge in [0.15, 0.2) is 9.84 Å². The monoisotopic (exact) mass is 371 g/mol. The van der Waals surface area contributed by atoms with Crippen LogP contribution in [0.4, 0.5) is 0 Å². The number of ether oxygens (including phenoxy) is 1. The first-order chi connectivity index (χ1) is 11.7. The first-order valence-electron chi connectivity index (χ1n) is 8.08. The molecule has 0 aliphatic carbocycles. The van der Waals surface area contributed by atoms with E-state index in [1.165, 1.54) is 13.8 Å². The Morgan fingerprint density at radius 1 is 1.20 bits per heavy atom.